The molecule has 0 saturated carbocycles. The number of nitrogens with zero attached hydrogens (tertiary/aromatic N) is 1. The molecule has 0 atom stereocenters. The number of nitriles is 1. The van der Waals surface area contributed by atoms with Gasteiger partial charge in [0.1, 0.15) is 11.6 Å². The molecule has 1 heterocycles. The summed E-state index contributed by atoms with van der Waals surface area (Å²) in [7, 11) is 0. The fourth-order valence-electron chi connectivity index (χ4n) is 1.32. The summed E-state index contributed by atoms with van der Waals surface area (Å²) in [4.78, 5) is 14.5. The second kappa shape index (κ2) is 3.58. The molecule has 0 aliphatic carbocycles. The fourth-order valence-corrected chi connectivity index (χ4v) is 1.70. The Hall–Kier alpha value is -1.50. The van der Waals surface area contributed by atoms with E-state index in [2.05, 4.69) is 4.98 Å². The zero-order valence-electron chi connectivity index (χ0n) is 7.34. The minimum Gasteiger partial charge on any atom is -0.358 e. The second-order valence-corrected chi connectivity index (χ2v) is 3.71. The maximum Gasteiger partial charge on any atom is 0.207 e. The predicted molar refractivity (Wildman–Crippen MR) is 59.3 cm³/mol. The monoisotopic (exact) mass is 238 g/mol. The SMILES string of the molecule is N#Cc1c[nH]c2c(Cl)c(Cl)ccc2c1=O. The Morgan fingerprint density at radius 3 is 2.73 bits per heavy atom. The molecule has 74 valence electrons. The Morgan fingerprint density at radius 2 is 2.07 bits per heavy atom. The number of benzene rings is 1. The molecule has 0 spiro atoms. The van der Waals surface area contributed by atoms with Crippen molar-refractivity contribution in [1.29, 1.82) is 5.26 Å². The summed E-state index contributed by atoms with van der Waals surface area (Å²) in [6, 6.07) is 4.88. The first-order chi connectivity index (χ1) is 7.15. The van der Waals surface area contributed by atoms with Gasteiger partial charge in [0, 0.05) is 11.6 Å². The summed E-state index contributed by atoms with van der Waals surface area (Å²) in [6.07, 6.45) is 1.33. The molecule has 0 aliphatic rings. The van der Waals surface area contributed by atoms with Gasteiger partial charge in [0.05, 0.1) is 15.6 Å². The van der Waals surface area contributed by atoms with E-state index in [1.165, 1.54) is 12.3 Å². The molecule has 3 nitrogen and oxygen atoms in total. The van der Waals surface area contributed by atoms with E-state index >= 15 is 0 Å². The molecule has 0 fully saturated rings. The molecule has 0 aliphatic heterocycles. The average Bonchev–Trinajstić information content (AvgIpc) is 2.24. The molecule has 0 radical (unpaired) electrons. The van der Waals surface area contributed by atoms with Crippen LogP contribution in [0, 0.1) is 11.3 Å². The third-order valence-corrected chi connectivity index (χ3v) is 2.87. The van der Waals surface area contributed by atoms with Crippen LogP contribution in [0.2, 0.25) is 10.0 Å². The summed E-state index contributed by atoms with van der Waals surface area (Å²) in [5.74, 6) is 0. The van der Waals surface area contributed by atoms with Crippen molar-refractivity contribution in [3.8, 4) is 6.07 Å². The minimum atomic E-state index is -0.343. The van der Waals surface area contributed by atoms with Gasteiger partial charge in [-0.3, -0.25) is 4.79 Å². The third-order valence-electron chi connectivity index (χ3n) is 2.07. The van der Waals surface area contributed by atoms with Crippen LogP contribution in [-0.2, 0) is 0 Å². The van der Waals surface area contributed by atoms with Crippen LogP contribution in [0.3, 0.4) is 0 Å². The van der Waals surface area contributed by atoms with Gasteiger partial charge >= 0.3 is 0 Å². The number of nitrogens with one attached hydrogen (secondary N) is 1. The normalized spacial score (nSPS) is 10.2. The smallest absolute Gasteiger partial charge is 0.207 e. The van der Waals surface area contributed by atoms with Crippen LogP contribution >= 0.6 is 23.2 Å². The van der Waals surface area contributed by atoms with Crippen molar-refractivity contribution in [3.63, 3.8) is 0 Å². The summed E-state index contributed by atoms with van der Waals surface area (Å²) >= 11 is 11.7. The lowest BCUT2D eigenvalue weighted by Crippen LogP contribution is -2.07. The van der Waals surface area contributed by atoms with Gasteiger partial charge in [-0.25, -0.2) is 0 Å². The van der Waals surface area contributed by atoms with Crippen molar-refractivity contribution >= 4 is 34.1 Å². The molecule has 1 aromatic heterocycles. The lowest BCUT2D eigenvalue weighted by Gasteiger charge is -2.01. The highest BCUT2D eigenvalue weighted by Crippen LogP contribution is 2.27. The molecule has 2 rings (SSSR count). The largest absolute Gasteiger partial charge is 0.358 e. The zero-order valence-corrected chi connectivity index (χ0v) is 8.86. The predicted octanol–water partition coefficient (Wildman–Crippen LogP) is 2.71. The highest BCUT2D eigenvalue weighted by Gasteiger charge is 2.09. The van der Waals surface area contributed by atoms with Crippen LogP contribution in [0.25, 0.3) is 10.9 Å². The number of hydrogen-bond acceptors (Lipinski definition) is 2. The van der Waals surface area contributed by atoms with E-state index in [-0.39, 0.29) is 16.0 Å². The van der Waals surface area contributed by atoms with Crippen molar-refractivity contribution in [2.45, 2.75) is 0 Å². The van der Waals surface area contributed by atoms with E-state index < -0.39 is 0 Å². The fraction of sp³-hybridized carbons (Fsp3) is 0. The number of aromatic amines is 1. The number of H-pyrrole nitrogens is 1. The van der Waals surface area contributed by atoms with Crippen LogP contribution in [0.1, 0.15) is 5.56 Å². The first kappa shape index (κ1) is 10.0. The highest BCUT2D eigenvalue weighted by atomic mass is 35.5. The van der Waals surface area contributed by atoms with E-state index in [9.17, 15) is 4.79 Å². The van der Waals surface area contributed by atoms with E-state index in [0.29, 0.717) is 15.9 Å². The van der Waals surface area contributed by atoms with Gasteiger partial charge in [-0.2, -0.15) is 5.26 Å². The molecule has 0 amide bonds. The van der Waals surface area contributed by atoms with Crippen molar-refractivity contribution in [3.05, 3.63) is 44.2 Å². The highest BCUT2D eigenvalue weighted by molar-refractivity contribution is 6.44. The Bertz CT molecular complexity index is 640. The summed E-state index contributed by atoms with van der Waals surface area (Å²) in [5.41, 5.74) is 0.166. The number of aromatic nitrogens is 1. The maximum atomic E-state index is 11.7. The van der Waals surface area contributed by atoms with E-state index in [0.717, 1.165) is 0 Å². The molecule has 1 N–H and O–H groups in total. The van der Waals surface area contributed by atoms with Gasteiger partial charge in [-0.1, -0.05) is 23.2 Å². The summed E-state index contributed by atoms with van der Waals surface area (Å²) in [6.45, 7) is 0. The molecule has 5 heteroatoms. The Morgan fingerprint density at radius 1 is 1.33 bits per heavy atom. The van der Waals surface area contributed by atoms with Gasteiger partial charge in [0.2, 0.25) is 5.43 Å². The van der Waals surface area contributed by atoms with Crippen molar-refractivity contribution < 1.29 is 0 Å². The van der Waals surface area contributed by atoms with Crippen LogP contribution in [0.15, 0.2) is 23.1 Å². The molecule has 0 unspecified atom stereocenters. The zero-order chi connectivity index (χ0) is 11.0. The van der Waals surface area contributed by atoms with Crippen molar-refractivity contribution in [1.82, 2.24) is 4.98 Å². The molecule has 0 saturated heterocycles. The third kappa shape index (κ3) is 1.48. The summed E-state index contributed by atoms with van der Waals surface area (Å²) in [5, 5.41) is 9.69. The van der Waals surface area contributed by atoms with E-state index in [1.807, 2.05) is 0 Å². The number of rotatable bonds is 0. The Labute approximate surface area is 94.9 Å². The van der Waals surface area contributed by atoms with Gasteiger partial charge < -0.3 is 4.98 Å². The Kier molecular flexibility index (Phi) is 2.39. The van der Waals surface area contributed by atoms with E-state index in [4.69, 9.17) is 28.5 Å². The average molecular weight is 239 g/mol. The molecular weight excluding hydrogens is 235 g/mol. The van der Waals surface area contributed by atoms with Gasteiger partial charge in [0.15, 0.2) is 0 Å². The standard InChI is InChI=1S/C10H4Cl2N2O/c11-7-2-1-6-9(8(7)12)14-4-5(3-13)10(6)15/h1-2,4H,(H,14,15). The van der Waals surface area contributed by atoms with Gasteiger partial charge in [-0.15, -0.1) is 0 Å². The molecule has 2 aromatic rings. The lowest BCUT2D eigenvalue weighted by atomic mass is 10.1. The minimum absolute atomic E-state index is 0.0564. The number of fused-ring (bicyclic) bond motifs is 1. The van der Waals surface area contributed by atoms with Gasteiger partial charge in [-0.05, 0) is 12.1 Å². The molecule has 15 heavy (non-hydrogen) atoms. The first-order valence-corrected chi connectivity index (χ1v) is 4.80. The maximum absolute atomic E-state index is 11.7. The first-order valence-electron chi connectivity index (χ1n) is 4.04. The molecule has 1 aromatic carbocycles. The van der Waals surface area contributed by atoms with E-state index in [1.54, 1.807) is 12.1 Å². The molecule has 0 bridgehead atoms. The second-order valence-electron chi connectivity index (χ2n) is 2.93. The lowest BCUT2D eigenvalue weighted by molar-refractivity contribution is 1.34. The van der Waals surface area contributed by atoms with Crippen LogP contribution in [0.4, 0.5) is 0 Å². The quantitative estimate of drug-likeness (QED) is 0.768. The van der Waals surface area contributed by atoms with Crippen LogP contribution in [-0.4, -0.2) is 4.98 Å². The summed E-state index contributed by atoms with van der Waals surface area (Å²) < 4.78 is 0. The van der Waals surface area contributed by atoms with Gasteiger partial charge in [0.25, 0.3) is 0 Å². The number of hydrogen-bond donors (Lipinski definition) is 1. The van der Waals surface area contributed by atoms with Crippen molar-refractivity contribution in [2.24, 2.45) is 0 Å². The van der Waals surface area contributed by atoms with Crippen LogP contribution in [0.5, 0.6) is 0 Å². The number of pyridine rings is 1. The molecular formula is C10H4Cl2N2O. The Balaban J connectivity index is 3.00. The number of halogens is 2. The van der Waals surface area contributed by atoms with Crippen LogP contribution < -0.4 is 5.43 Å². The topological polar surface area (TPSA) is 56.6 Å². The van der Waals surface area contributed by atoms with Crippen molar-refractivity contribution in [2.75, 3.05) is 0 Å².